The molecule has 3 rings (SSSR count). The van der Waals surface area contributed by atoms with E-state index in [1.807, 2.05) is 42.5 Å². The topological polar surface area (TPSA) is 83.5 Å². The summed E-state index contributed by atoms with van der Waals surface area (Å²) in [6, 6.07) is 12.3. The van der Waals surface area contributed by atoms with Gasteiger partial charge in [-0.2, -0.15) is 0 Å². The maximum Gasteiger partial charge on any atom is 0.322 e. The summed E-state index contributed by atoms with van der Waals surface area (Å²) < 4.78 is 26.4. The van der Waals surface area contributed by atoms with E-state index in [0.29, 0.717) is 0 Å². The zero-order chi connectivity index (χ0) is 16.4. The number of carboxylic acids is 1. The molecule has 2 N–H and O–H groups in total. The van der Waals surface area contributed by atoms with Gasteiger partial charge in [-0.05, 0) is 41.5 Å². The molecule has 0 spiro atoms. The van der Waals surface area contributed by atoms with E-state index >= 15 is 0 Å². The Morgan fingerprint density at radius 3 is 2.52 bits per heavy atom. The minimum Gasteiger partial charge on any atom is -0.480 e. The van der Waals surface area contributed by atoms with Crippen molar-refractivity contribution < 1.29 is 18.3 Å². The van der Waals surface area contributed by atoms with Gasteiger partial charge in [0, 0.05) is 0 Å². The molecular weight excluding hydrogens is 314 g/mol. The number of nitrogens with one attached hydrogen (secondary N) is 1. The molecule has 1 atom stereocenters. The predicted octanol–water partition coefficient (Wildman–Crippen LogP) is 2.16. The zero-order valence-corrected chi connectivity index (χ0v) is 13.4. The number of carbonyl (C=O) groups is 1. The lowest BCUT2D eigenvalue weighted by Crippen LogP contribution is -2.43. The molecule has 1 fully saturated rings. The van der Waals surface area contributed by atoms with E-state index < -0.39 is 22.0 Å². The third kappa shape index (κ3) is 4.30. The smallest absolute Gasteiger partial charge is 0.322 e. The summed E-state index contributed by atoms with van der Waals surface area (Å²) in [5.41, 5.74) is 0.797. The minimum atomic E-state index is -3.56. The average Bonchev–Trinajstić information content (AvgIpc) is 3.29. The molecule has 0 heterocycles. The van der Waals surface area contributed by atoms with Crippen molar-refractivity contribution in [2.45, 2.75) is 25.3 Å². The Balaban J connectivity index is 1.76. The largest absolute Gasteiger partial charge is 0.480 e. The molecule has 23 heavy (non-hydrogen) atoms. The first-order valence-electron chi connectivity index (χ1n) is 7.63. The molecule has 0 aromatic heterocycles. The molecule has 5 nitrogen and oxygen atoms in total. The summed E-state index contributed by atoms with van der Waals surface area (Å²) in [6.07, 6.45) is 1.94. The number of fused-ring (bicyclic) bond motifs is 1. The van der Waals surface area contributed by atoms with Gasteiger partial charge in [0.25, 0.3) is 0 Å². The van der Waals surface area contributed by atoms with Gasteiger partial charge in [0.1, 0.15) is 6.04 Å². The zero-order valence-electron chi connectivity index (χ0n) is 12.6. The van der Waals surface area contributed by atoms with Crippen LogP contribution in [0.4, 0.5) is 0 Å². The highest BCUT2D eigenvalue weighted by molar-refractivity contribution is 7.89. The minimum absolute atomic E-state index is 0.0223. The quantitative estimate of drug-likeness (QED) is 0.813. The molecule has 0 unspecified atom stereocenters. The van der Waals surface area contributed by atoms with E-state index in [2.05, 4.69) is 4.72 Å². The Hall–Kier alpha value is -1.92. The van der Waals surface area contributed by atoms with Gasteiger partial charge in [-0.1, -0.05) is 42.5 Å². The van der Waals surface area contributed by atoms with Crippen LogP contribution in [-0.2, 0) is 21.2 Å². The van der Waals surface area contributed by atoms with Crippen molar-refractivity contribution in [1.82, 2.24) is 4.72 Å². The maximum absolute atomic E-state index is 12.0. The number of aliphatic carboxylic acids is 1. The molecule has 1 aliphatic rings. The number of carboxylic acid groups (broad SMARTS) is 1. The van der Waals surface area contributed by atoms with E-state index in [9.17, 15) is 18.3 Å². The molecule has 2 aromatic rings. The van der Waals surface area contributed by atoms with Crippen molar-refractivity contribution in [3.63, 3.8) is 0 Å². The average molecular weight is 333 g/mol. The molecule has 1 saturated carbocycles. The fourth-order valence-corrected chi connectivity index (χ4v) is 4.31. The van der Waals surface area contributed by atoms with Crippen LogP contribution in [0.1, 0.15) is 18.4 Å². The fourth-order valence-electron chi connectivity index (χ4n) is 2.64. The summed E-state index contributed by atoms with van der Waals surface area (Å²) in [4.78, 5) is 11.4. The normalized spacial score (nSPS) is 16.3. The van der Waals surface area contributed by atoms with E-state index in [-0.39, 0.29) is 18.1 Å². The van der Waals surface area contributed by atoms with Gasteiger partial charge in [0.15, 0.2) is 0 Å². The molecule has 6 heteroatoms. The Morgan fingerprint density at radius 2 is 1.87 bits per heavy atom. The molecule has 1 aliphatic carbocycles. The standard InChI is InChI=1S/C17H19NO4S/c19-17(20)16(18-23(21,22)11-12-5-6-12)10-13-7-8-14-3-1-2-4-15(14)9-13/h1-4,7-9,12,16,18H,5-6,10-11H2,(H,19,20)/t16-/m0/s1. The van der Waals surface area contributed by atoms with Crippen molar-refractivity contribution in [3.8, 4) is 0 Å². The number of hydrogen-bond acceptors (Lipinski definition) is 3. The van der Waals surface area contributed by atoms with Crippen molar-refractivity contribution >= 4 is 26.8 Å². The predicted molar refractivity (Wildman–Crippen MR) is 88.7 cm³/mol. The van der Waals surface area contributed by atoms with Crippen LogP contribution >= 0.6 is 0 Å². The lowest BCUT2D eigenvalue weighted by Gasteiger charge is -2.15. The summed E-state index contributed by atoms with van der Waals surface area (Å²) >= 11 is 0. The van der Waals surface area contributed by atoms with Crippen molar-refractivity contribution in [3.05, 3.63) is 48.0 Å². The molecule has 0 saturated heterocycles. The van der Waals surface area contributed by atoms with Gasteiger partial charge < -0.3 is 5.11 Å². The lowest BCUT2D eigenvalue weighted by molar-refractivity contribution is -0.138. The third-order valence-electron chi connectivity index (χ3n) is 4.03. The first kappa shape index (κ1) is 16.0. The van der Waals surface area contributed by atoms with Crippen LogP contribution in [0.3, 0.4) is 0 Å². The molecule has 2 aromatic carbocycles. The molecule has 0 radical (unpaired) electrons. The van der Waals surface area contributed by atoms with Crippen molar-refractivity contribution in [2.24, 2.45) is 5.92 Å². The molecule has 122 valence electrons. The summed E-state index contributed by atoms with van der Waals surface area (Å²) in [5, 5.41) is 11.4. The van der Waals surface area contributed by atoms with Gasteiger partial charge in [0.2, 0.25) is 10.0 Å². The van der Waals surface area contributed by atoms with E-state index in [4.69, 9.17) is 0 Å². The van der Waals surface area contributed by atoms with Crippen molar-refractivity contribution in [1.29, 1.82) is 0 Å². The van der Waals surface area contributed by atoms with E-state index in [1.54, 1.807) is 0 Å². The summed E-state index contributed by atoms with van der Waals surface area (Å²) in [6.45, 7) is 0. The highest BCUT2D eigenvalue weighted by Crippen LogP contribution is 2.30. The van der Waals surface area contributed by atoms with E-state index in [0.717, 1.165) is 29.2 Å². The first-order valence-corrected chi connectivity index (χ1v) is 9.29. The summed E-state index contributed by atoms with van der Waals surface area (Å²) in [7, 11) is -3.56. The first-order chi connectivity index (χ1) is 10.9. The van der Waals surface area contributed by atoms with Gasteiger partial charge in [-0.15, -0.1) is 0 Å². The number of rotatable bonds is 7. The number of hydrogen-bond donors (Lipinski definition) is 2. The van der Waals surface area contributed by atoms with Crippen molar-refractivity contribution in [2.75, 3.05) is 5.75 Å². The van der Waals surface area contributed by atoms with Gasteiger partial charge in [-0.25, -0.2) is 13.1 Å². The Morgan fingerprint density at radius 1 is 1.17 bits per heavy atom. The van der Waals surface area contributed by atoms with Crippen LogP contribution in [0, 0.1) is 5.92 Å². The van der Waals surface area contributed by atoms with E-state index in [1.165, 1.54) is 0 Å². The van der Waals surface area contributed by atoms with Crippen LogP contribution in [0.25, 0.3) is 10.8 Å². The number of benzene rings is 2. The SMILES string of the molecule is O=C(O)[C@H](Cc1ccc2ccccc2c1)NS(=O)(=O)CC1CC1. The maximum atomic E-state index is 12.0. The fraction of sp³-hybridized carbons (Fsp3) is 0.353. The second-order valence-corrected chi connectivity index (χ2v) is 7.92. The molecule has 0 aliphatic heterocycles. The van der Waals surface area contributed by atoms with Crippen LogP contribution in [0.5, 0.6) is 0 Å². The van der Waals surface area contributed by atoms with Gasteiger partial charge in [0.05, 0.1) is 5.75 Å². The molecule has 0 bridgehead atoms. The second-order valence-electron chi connectivity index (χ2n) is 6.12. The summed E-state index contributed by atoms with van der Waals surface area (Å²) in [5.74, 6) is -0.950. The van der Waals surface area contributed by atoms with Crippen LogP contribution in [-0.4, -0.2) is 31.3 Å². The van der Waals surface area contributed by atoms with Crippen LogP contribution in [0.2, 0.25) is 0 Å². The second kappa shape index (κ2) is 6.29. The highest BCUT2D eigenvalue weighted by atomic mass is 32.2. The molecular formula is C17H19NO4S. The lowest BCUT2D eigenvalue weighted by atomic mass is 10.0. The Kier molecular flexibility index (Phi) is 4.37. The number of sulfonamides is 1. The van der Waals surface area contributed by atoms with Gasteiger partial charge >= 0.3 is 5.97 Å². The highest BCUT2D eigenvalue weighted by Gasteiger charge is 2.31. The van der Waals surface area contributed by atoms with Crippen LogP contribution < -0.4 is 4.72 Å². The third-order valence-corrected chi connectivity index (χ3v) is 5.58. The monoisotopic (exact) mass is 333 g/mol. The van der Waals surface area contributed by atoms with Crippen LogP contribution in [0.15, 0.2) is 42.5 Å². The Labute approximate surface area is 135 Å². The molecule has 0 amide bonds. The van der Waals surface area contributed by atoms with Gasteiger partial charge in [-0.3, -0.25) is 4.79 Å². The Bertz CT molecular complexity index is 827.